The number of hydrogen-bond donors (Lipinski definition) is 0. The molecule has 0 fully saturated rings. The van der Waals surface area contributed by atoms with E-state index in [0.717, 1.165) is 0 Å². The molecule has 0 amide bonds. The number of alkyl halides is 1. The van der Waals surface area contributed by atoms with E-state index in [4.69, 9.17) is 28.1 Å². The van der Waals surface area contributed by atoms with E-state index in [1.54, 1.807) is 0 Å². The van der Waals surface area contributed by atoms with Crippen LogP contribution in [0.25, 0.3) is 0 Å². The molecule has 0 aliphatic heterocycles. The fraction of sp³-hybridized carbons (Fsp3) is 0.500. The first-order chi connectivity index (χ1) is 5.66. The Bertz CT molecular complexity index is 266. The lowest BCUT2D eigenvalue weighted by Gasteiger charge is -2.08. The lowest BCUT2D eigenvalue weighted by molar-refractivity contribution is 0.101. The normalized spacial score (nSPS) is 13.3. The maximum Gasteiger partial charge on any atom is 0.153 e. The molecule has 0 aromatic carbocycles. The molecular formula is C6H7BrCl2N2O. The van der Waals surface area contributed by atoms with Crippen molar-refractivity contribution < 1.29 is 4.74 Å². The molecule has 1 rings (SSSR count). The SMILES string of the molecule is CC(OCBr)c1ncc(Cl)n1Cl. The Morgan fingerprint density at radius 3 is 2.92 bits per heavy atom. The highest BCUT2D eigenvalue weighted by atomic mass is 79.9. The Hall–Kier alpha value is 0.230. The number of ether oxygens (including phenoxy) is 1. The molecule has 1 atom stereocenters. The third-order valence-electron chi connectivity index (χ3n) is 1.37. The summed E-state index contributed by atoms with van der Waals surface area (Å²) in [6.07, 6.45) is 1.31. The van der Waals surface area contributed by atoms with Gasteiger partial charge in [0.15, 0.2) is 5.82 Å². The molecule has 1 aromatic heterocycles. The van der Waals surface area contributed by atoms with Crippen LogP contribution >= 0.6 is 39.3 Å². The third-order valence-corrected chi connectivity index (χ3v) is 2.34. The zero-order valence-corrected chi connectivity index (χ0v) is 9.40. The zero-order chi connectivity index (χ0) is 9.14. The quantitative estimate of drug-likeness (QED) is 0.792. The second-order valence-corrected chi connectivity index (χ2v) is 3.32. The first kappa shape index (κ1) is 10.3. The summed E-state index contributed by atoms with van der Waals surface area (Å²) in [5, 5.41) is 0.386. The minimum Gasteiger partial charge on any atom is -0.359 e. The van der Waals surface area contributed by atoms with Crippen LogP contribution in [-0.2, 0) is 4.74 Å². The Balaban J connectivity index is 2.80. The van der Waals surface area contributed by atoms with Gasteiger partial charge in [0.2, 0.25) is 0 Å². The second kappa shape index (κ2) is 4.46. The average Bonchev–Trinajstić information content (AvgIpc) is 2.34. The predicted molar refractivity (Wildman–Crippen MR) is 51.8 cm³/mol. The van der Waals surface area contributed by atoms with Gasteiger partial charge in [0.05, 0.1) is 6.20 Å². The Morgan fingerprint density at radius 2 is 2.50 bits per heavy atom. The highest BCUT2D eigenvalue weighted by molar-refractivity contribution is 9.09. The van der Waals surface area contributed by atoms with Crippen LogP contribution in [0.15, 0.2) is 6.20 Å². The van der Waals surface area contributed by atoms with Crippen molar-refractivity contribution >= 4 is 39.3 Å². The molecule has 12 heavy (non-hydrogen) atoms. The van der Waals surface area contributed by atoms with E-state index in [9.17, 15) is 0 Å². The molecule has 0 saturated heterocycles. The topological polar surface area (TPSA) is 27.1 Å². The highest BCUT2D eigenvalue weighted by Crippen LogP contribution is 2.21. The molecule has 3 nitrogen and oxygen atoms in total. The van der Waals surface area contributed by atoms with Crippen LogP contribution in [-0.4, -0.2) is 14.6 Å². The van der Waals surface area contributed by atoms with Crippen molar-refractivity contribution in [3.05, 3.63) is 17.2 Å². The summed E-state index contributed by atoms with van der Waals surface area (Å²) in [6, 6.07) is 0. The molecule has 0 bridgehead atoms. The molecule has 1 unspecified atom stereocenters. The van der Waals surface area contributed by atoms with Gasteiger partial charge in [-0.1, -0.05) is 27.5 Å². The van der Waals surface area contributed by atoms with Crippen LogP contribution in [0.1, 0.15) is 18.9 Å². The monoisotopic (exact) mass is 272 g/mol. The minimum atomic E-state index is -0.172. The van der Waals surface area contributed by atoms with E-state index in [1.807, 2.05) is 6.92 Å². The molecule has 0 aliphatic rings. The van der Waals surface area contributed by atoms with Crippen LogP contribution in [0.2, 0.25) is 5.15 Å². The molecular weight excluding hydrogens is 267 g/mol. The van der Waals surface area contributed by atoms with Gasteiger partial charge in [-0.25, -0.2) is 9.07 Å². The van der Waals surface area contributed by atoms with Crippen LogP contribution in [0.4, 0.5) is 0 Å². The molecule has 0 radical (unpaired) electrons. The van der Waals surface area contributed by atoms with Crippen molar-refractivity contribution in [2.75, 3.05) is 5.52 Å². The van der Waals surface area contributed by atoms with Crippen molar-refractivity contribution in [2.24, 2.45) is 0 Å². The summed E-state index contributed by atoms with van der Waals surface area (Å²) in [5.41, 5.74) is 0.440. The number of aromatic nitrogens is 2. The molecule has 1 aromatic rings. The van der Waals surface area contributed by atoms with Gasteiger partial charge in [-0.2, -0.15) is 0 Å². The standard InChI is InChI=1S/C6H7BrCl2N2O/c1-4(12-3-7)6-10-2-5(8)11(6)9/h2,4H,3H2,1H3. The van der Waals surface area contributed by atoms with E-state index in [0.29, 0.717) is 16.5 Å². The maximum absolute atomic E-state index is 5.77. The third kappa shape index (κ3) is 2.13. The Morgan fingerprint density at radius 1 is 1.83 bits per heavy atom. The van der Waals surface area contributed by atoms with Gasteiger partial charge in [0.1, 0.15) is 16.8 Å². The maximum atomic E-state index is 5.77. The number of rotatable bonds is 3. The van der Waals surface area contributed by atoms with Gasteiger partial charge in [0, 0.05) is 11.8 Å². The smallest absolute Gasteiger partial charge is 0.153 e. The number of hydrogen-bond acceptors (Lipinski definition) is 2. The molecule has 0 aliphatic carbocycles. The van der Waals surface area contributed by atoms with Gasteiger partial charge in [-0.3, -0.25) is 0 Å². The van der Waals surface area contributed by atoms with Crippen LogP contribution in [0.3, 0.4) is 0 Å². The largest absolute Gasteiger partial charge is 0.359 e. The zero-order valence-electron chi connectivity index (χ0n) is 6.30. The molecule has 6 heteroatoms. The Labute approximate surface area is 88.9 Å². The number of imidazole rings is 1. The average molecular weight is 274 g/mol. The van der Waals surface area contributed by atoms with Gasteiger partial charge < -0.3 is 4.74 Å². The highest BCUT2D eigenvalue weighted by Gasteiger charge is 2.13. The summed E-state index contributed by atoms with van der Waals surface area (Å²) in [5.74, 6) is 0.598. The van der Waals surface area contributed by atoms with E-state index in [2.05, 4.69) is 20.9 Å². The van der Waals surface area contributed by atoms with E-state index in [1.165, 1.54) is 10.3 Å². The summed E-state index contributed by atoms with van der Waals surface area (Å²) < 4.78 is 6.48. The number of nitrogens with zero attached hydrogens (tertiary/aromatic N) is 2. The first-order valence-corrected chi connectivity index (χ1v) is 5.07. The number of halogens is 3. The predicted octanol–water partition coefficient (Wildman–Crippen LogP) is 2.97. The second-order valence-electron chi connectivity index (χ2n) is 2.14. The van der Waals surface area contributed by atoms with Gasteiger partial charge in [0.25, 0.3) is 0 Å². The van der Waals surface area contributed by atoms with E-state index >= 15 is 0 Å². The molecule has 0 spiro atoms. The van der Waals surface area contributed by atoms with Crippen LogP contribution in [0.5, 0.6) is 0 Å². The Kier molecular flexibility index (Phi) is 3.83. The molecule has 0 saturated carbocycles. The van der Waals surface area contributed by atoms with Crippen molar-refractivity contribution in [1.82, 2.24) is 9.07 Å². The van der Waals surface area contributed by atoms with E-state index in [-0.39, 0.29) is 6.10 Å². The van der Waals surface area contributed by atoms with Crippen molar-refractivity contribution in [3.63, 3.8) is 0 Å². The minimum absolute atomic E-state index is 0.172. The van der Waals surface area contributed by atoms with E-state index < -0.39 is 0 Å². The molecule has 1 heterocycles. The van der Waals surface area contributed by atoms with Gasteiger partial charge in [-0.15, -0.1) is 0 Å². The fourth-order valence-corrected chi connectivity index (χ4v) is 1.52. The van der Waals surface area contributed by atoms with Crippen molar-refractivity contribution in [1.29, 1.82) is 0 Å². The van der Waals surface area contributed by atoms with Crippen LogP contribution < -0.4 is 0 Å². The van der Waals surface area contributed by atoms with Crippen LogP contribution in [0, 0.1) is 0 Å². The first-order valence-electron chi connectivity index (χ1n) is 3.23. The fourth-order valence-electron chi connectivity index (χ4n) is 0.764. The van der Waals surface area contributed by atoms with Gasteiger partial charge in [-0.05, 0) is 6.92 Å². The summed E-state index contributed by atoms with van der Waals surface area (Å²) in [7, 11) is 0. The molecule has 0 N–H and O–H groups in total. The summed E-state index contributed by atoms with van der Waals surface area (Å²) in [4.78, 5) is 3.99. The van der Waals surface area contributed by atoms with Crippen molar-refractivity contribution in [2.45, 2.75) is 13.0 Å². The lowest BCUT2D eigenvalue weighted by atomic mass is 10.4. The lowest BCUT2D eigenvalue weighted by Crippen LogP contribution is -2.03. The van der Waals surface area contributed by atoms with Gasteiger partial charge >= 0.3 is 0 Å². The summed E-state index contributed by atoms with van der Waals surface area (Å²) >= 11 is 14.6. The summed E-state index contributed by atoms with van der Waals surface area (Å²) in [6.45, 7) is 1.85. The van der Waals surface area contributed by atoms with Crippen molar-refractivity contribution in [3.8, 4) is 0 Å². The molecule has 68 valence electrons.